The van der Waals surface area contributed by atoms with Crippen LogP contribution in [-0.2, 0) is 9.47 Å². The topological polar surface area (TPSA) is 18.5 Å². The third-order valence-electron chi connectivity index (χ3n) is 2.94. The van der Waals surface area contributed by atoms with Crippen LogP contribution in [0.2, 0.25) is 0 Å². The SMILES string of the molecule is CCOCC(C(C)C)C1CCOC1. The second kappa shape index (κ2) is 5.61. The van der Waals surface area contributed by atoms with Crippen molar-refractivity contribution in [2.75, 3.05) is 26.4 Å². The Bertz CT molecular complexity index is 128. The quantitative estimate of drug-likeness (QED) is 0.656. The molecule has 0 saturated carbocycles. The molecule has 0 spiro atoms. The highest BCUT2D eigenvalue weighted by Gasteiger charge is 2.27. The number of hydrogen-bond donors (Lipinski definition) is 0. The highest BCUT2D eigenvalue weighted by molar-refractivity contribution is 4.75. The zero-order valence-electron chi connectivity index (χ0n) is 9.08. The van der Waals surface area contributed by atoms with E-state index in [9.17, 15) is 0 Å². The van der Waals surface area contributed by atoms with Gasteiger partial charge in [0, 0.05) is 26.4 Å². The molecular formula is C11H22O2. The van der Waals surface area contributed by atoms with Gasteiger partial charge in [-0.2, -0.15) is 0 Å². The van der Waals surface area contributed by atoms with Gasteiger partial charge in [0.1, 0.15) is 0 Å². The van der Waals surface area contributed by atoms with Crippen LogP contribution in [-0.4, -0.2) is 26.4 Å². The molecule has 0 amide bonds. The van der Waals surface area contributed by atoms with Crippen molar-refractivity contribution in [1.82, 2.24) is 0 Å². The van der Waals surface area contributed by atoms with Crippen molar-refractivity contribution in [3.63, 3.8) is 0 Å². The highest BCUT2D eigenvalue weighted by atomic mass is 16.5. The first-order valence-corrected chi connectivity index (χ1v) is 5.41. The van der Waals surface area contributed by atoms with Gasteiger partial charge in [0.25, 0.3) is 0 Å². The monoisotopic (exact) mass is 186 g/mol. The zero-order chi connectivity index (χ0) is 9.68. The van der Waals surface area contributed by atoms with E-state index in [0.29, 0.717) is 11.8 Å². The maximum Gasteiger partial charge on any atom is 0.0500 e. The summed E-state index contributed by atoms with van der Waals surface area (Å²) >= 11 is 0. The fourth-order valence-electron chi connectivity index (χ4n) is 2.02. The van der Waals surface area contributed by atoms with Crippen LogP contribution >= 0.6 is 0 Å². The Labute approximate surface area is 81.6 Å². The van der Waals surface area contributed by atoms with Gasteiger partial charge in [-0.3, -0.25) is 0 Å². The van der Waals surface area contributed by atoms with Crippen LogP contribution in [0.15, 0.2) is 0 Å². The molecule has 0 aromatic heterocycles. The van der Waals surface area contributed by atoms with E-state index in [1.54, 1.807) is 0 Å². The molecule has 1 rings (SSSR count). The van der Waals surface area contributed by atoms with Gasteiger partial charge in [-0.05, 0) is 31.1 Å². The van der Waals surface area contributed by atoms with Gasteiger partial charge in [-0.1, -0.05) is 13.8 Å². The second-order valence-corrected chi connectivity index (χ2v) is 4.19. The van der Waals surface area contributed by atoms with Crippen molar-refractivity contribution in [1.29, 1.82) is 0 Å². The van der Waals surface area contributed by atoms with Gasteiger partial charge in [0.2, 0.25) is 0 Å². The Hall–Kier alpha value is -0.0800. The van der Waals surface area contributed by atoms with E-state index in [-0.39, 0.29) is 0 Å². The normalized spacial score (nSPS) is 25.4. The van der Waals surface area contributed by atoms with Crippen molar-refractivity contribution < 1.29 is 9.47 Å². The fraction of sp³-hybridized carbons (Fsp3) is 1.00. The molecule has 2 unspecified atom stereocenters. The molecule has 1 fully saturated rings. The van der Waals surface area contributed by atoms with Crippen molar-refractivity contribution in [2.45, 2.75) is 27.2 Å². The van der Waals surface area contributed by atoms with E-state index in [2.05, 4.69) is 20.8 Å². The van der Waals surface area contributed by atoms with Gasteiger partial charge in [-0.15, -0.1) is 0 Å². The lowest BCUT2D eigenvalue weighted by molar-refractivity contribution is 0.0579. The third-order valence-corrected chi connectivity index (χ3v) is 2.94. The van der Waals surface area contributed by atoms with Crippen LogP contribution in [0.1, 0.15) is 27.2 Å². The van der Waals surface area contributed by atoms with Gasteiger partial charge >= 0.3 is 0 Å². The van der Waals surface area contributed by atoms with E-state index >= 15 is 0 Å². The first kappa shape index (κ1) is 11.0. The first-order valence-electron chi connectivity index (χ1n) is 5.41. The summed E-state index contributed by atoms with van der Waals surface area (Å²) in [6.45, 7) is 10.2. The van der Waals surface area contributed by atoms with E-state index < -0.39 is 0 Å². The molecule has 0 aromatic carbocycles. The summed E-state index contributed by atoms with van der Waals surface area (Å²) in [5.41, 5.74) is 0. The van der Waals surface area contributed by atoms with Crippen LogP contribution in [0, 0.1) is 17.8 Å². The van der Waals surface area contributed by atoms with Crippen LogP contribution in [0.25, 0.3) is 0 Å². The van der Waals surface area contributed by atoms with E-state index in [1.165, 1.54) is 6.42 Å². The molecule has 0 bridgehead atoms. The second-order valence-electron chi connectivity index (χ2n) is 4.19. The molecule has 2 atom stereocenters. The summed E-state index contributed by atoms with van der Waals surface area (Å²) in [7, 11) is 0. The fourth-order valence-corrected chi connectivity index (χ4v) is 2.02. The molecule has 0 aromatic rings. The summed E-state index contributed by atoms with van der Waals surface area (Å²) in [5.74, 6) is 2.12. The zero-order valence-corrected chi connectivity index (χ0v) is 9.08. The Balaban J connectivity index is 2.36. The molecule has 0 N–H and O–H groups in total. The molecule has 13 heavy (non-hydrogen) atoms. The predicted octanol–water partition coefficient (Wildman–Crippen LogP) is 2.33. The maximum atomic E-state index is 5.51. The minimum Gasteiger partial charge on any atom is -0.381 e. The predicted molar refractivity (Wildman–Crippen MR) is 53.7 cm³/mol. The standard InChI is InChI=1S/C11H22O2/c1-4-12-8-11(9(2)3)10-5-6-13-7-10/h9-11H,4-8H2,1-3H3. The highest BCUT2D eigenvalue weighted by Crippen LogP contribution is 2.28. The molecule has 0 aliphatic carbocycles. The van der Waals surface area contributed by atoms with E-state index in [1.807, 2.05) is 0 Å². The molecular weight excluding hydrogens is 164 g/mol. The van der Waals surface area contributed by atoms with E-state index in [4.69, 9.17) is 9.47 Å². The first-order chi connectivity index (χ1) is 6.25. The Morgan fingerprint density at radius 1 is 1.46 bits per heavy atom. The largest absolute Gasteiger partial charge is 0.381 e. The molecule has 2 heteroatoms. The summed E-state index contributed by atoms with van der Waals surface area (Å²) in [4.78, 5) is 0. The van der Waals surface area contributed by atoms with Gasteiger partial charge < -0.3 is 9.47 Å². The Morgan fingerprint density at radius 3 is 2.69 bits per heavy atom. The summed E-state index contributed by atoms with van der Waals surface area (Å²) in [6, 6.07) is 0. The minimum atomic E-state index is 0.683. The van der Waals surface area contributed by atoms with Crippen molar-refractivity contribution in [2.24, 2.45) is 17.8 Å². The van der Waals surface area contributed by atoms with Crippen LogP contribution in [0.4, 0.5) is 0 Å². The van der Waals surface area contributed by atoms with Crippen molar-refractivity contribution >= 4 is 0 Å². The molecule has 1 heterocycles. The molecule has 0 radical (unpaired) electrons. The van der Waals surface area contributed by atoms with Gasteiger partial charge in [-0.25, -0.2) is 0 Å². The molecule has 1 aliphatic heterocycles. The lowest BCUT2D eigenvalue weighted by Gasteiger charge is -2.25. The molecule has 1 saturated heterocycles. The van der Waals surface area contributed by atoms with Gasteiger partial charge in [0.05, 0.1) is 0 Å². The van der Waals surface area contributed by atoms with Crippen LogP contribution in [0.3, 0.4) is 0 Å². The molecule has 2 nitrogen and oxygen atoms in total. The molecule has 1 aliphatic rings. The Morgan fingerprint density at radius 2 is 2.23 bits per heavy atom. The van der Waals surface area contributed by atoms with Crippen molar-refractivity contribution in [3.8, 4) is 0 Å². The van der Waals surface area contributed by atoms with Crippen LogP contribution < -0.4 is 0 Å². The number of rotatable bonds is 5. The summed E-state index contributed by atoms with van der Waals surface area (Å²) in [6.07, 6.45) is 1.22. The van der Waals surface area contributed by atoms with Crippen molar-refractivity contribution in [3.05, 3.63) is 0 Å². The summed E-state index contributed by atoms with van der Waals surface area (Å²) in [5, 5.41) is 0. The average molecular weight is 186 g/mol. The number of ether oxygens (including phenoxy) is 2. The lowest BCUT2D eigenvalue weighted by Crippen LogP contribution is -2.25. The minimum absolute atomic E-state index is 0.683. The molecule has 78 valence electrons. The van der Waals surface area contributed by atoms with E-state index in [0.717, 1.165) is 32.3 Å². The summed E-state index contributed by atoms with van der Waals surface area (Å²) < 4.78 is 10.9. The smallest absolute Gasteiger partial charge is 0.0500 e. The van der Waals surface area contributed by atoms with Gasteiger partial charge in [0.15, 0.2) is 0 Å². The maximum absolute atomic E-state index is 5.51. The third kappa shape index (κ3) is 3.28. The average Bonchev–Trinajstić information content (AvgIpc) is 2.57. The van der Waals surface area contributed by atoms with Crippen LogP contribution in [0.5, 0.6) is 0 Å². The lowest BCUT2D eigenvalue weighted by atomic mass is 9.83. The number of hydrogen-bond acceptors (Lipinski definition) is 2. The Kier molecular flexibility index (Phi) is 4.74.